The Kier molecular flexibility index (Phi) is 4.84. The molecule has 2 aliphatic heterocycles. The predicted octanol–water partition coefficient (Wildman–Crippen LogP) is 5.41. The molecule has 3 aromatic rings. The third kappa shape index (κ3) is 3.40. The monoisotopic (exact) mass is 468 g/mol. The van der Waals surface area contributed by atoms with Crippen LogP contribution in [0.5, 0.6) is 17.2 Å². The van der Waals surface area contributed by atoms with E-state index >= 15 is 0 Å². The number of furan rings is 1. The summed E-state index contributed by atoms with van der Waals surface area (Å²) < 4.78 is 29.2. The normalized spacial score (nSPS) is 16.1. The molecule has 1 aromatic heterocycles. The molecule has 0 unspecified atom stereocenters. The van der Waals surface area contributed by atoms with Gasteiger partial charge in [0.25, 0.3) is 0 Å². The van der Waals surface area contributed by atoms with Crippen LogP contribution < -0.4 is 14.2 Å². The zero-order valence-corrected chi connectivity index (χ0v) is 17.7. The summed E-state index contributed by atoms with van der Waals surface area (Å²) in [6.07, 6.45) is 3.14. The van der Waals surface area contributed by atoms with Crippen molar-refractivity contribution in [3.05, 3.63) is 80.9 Å². The molecule has 0 bridgehead atoms. The molecule has 2 aromatic carbocycles. The number of carbonyl (C=O) groups is 1. The van der Waals surface area contributed by atoms with Gasteiger partial charge in [-0.25, -0.2) is 0 Å². The summed E-state index contributed by atoms with van der Waals surface area (Å²) in [4.78, 5) is 12.7. The van der Waals surface area contributed by atoms with Crippen LogP contribution in [-0.4, -0.2) is 12.6 Å². The van der Waals surface area contributed by atoms with E-state index in [1.54, 1.807) is 36.6 Å². The van der Waals surface area contributed by atoms with Crippen LogP contribution in [0.15, 0.2) is 57.3 Å². The fraction of sp³-hybridized carbons (Fsp3) is 0.174. The summed E-state index contributed by atoms with van der Waals surface area (Å²) in [5.74, 6) is 2.56. The Labute approximate surface area is 181 Å². The van der Waals surface area contributed by atoms with Gasteiger partial charge in [-0.2, -0.15) is 0 Å². The van der Waals surface area contributed by atoms with E-state index < -0.39 is 0 Å². The number of allylic oxidation sites excluding steroid dienone is 1. The van der Waals surface area contributed by atoms with E-state index in [4.69, 9.17) is 23.4 Å². The Morgan fingerprint density at radius 3 is 2.93 bits per heavy atom. The zero-order chi connectivity index (χ0) is 20.7. The maximum atomic E-state index is 12.7. The van der Waals surface area contributed by atoms with Gasteiger partial charge in [0.1, 0.15) is 29.6 Å². The van der Waals surface area contributed by atoms with Crippen LogP contribution in [0.2, 0.25) is 0 Å². The lowest BCUT2D eigenvalue weighted by Gasteiger charge is -2.21. The van der Waals surface area contributed by atoms with E-state index in [9.17, 15) is 4.79 Å². The largest absolute Gasteiger partial charge is 0.488 e. The number of halogens is 1. The van der Waals surface area contributed by atoms with Crippen molar-refractivity contribution in [1.82, 2.24) is 0 Å². The molecule has 2 aliphatic rings. The number of ketones is 1. The van der Waals surface area contributed by atoms with Crippen molar-refractivity contribution in [3.8, 4) is 17.2 Å². The number of rotatable bonds is 4. The molecule has 30 heavy (non-hydrogen) atoms. The second-order valence-corrected chi connectivity index (χ2v) is 7.89. The number of fused-ring (bicyclic) bond motifs is 2. The lowest BCUT2D eigenvalue weighted by molar-refractivity contribution is -0.0176. The summed E-state index contributed by atoms with van der Waals surface area (Å²) in [5, 5.41) is 0. The van der Waals surface area contributed by atoms with E-state index in [0.29, 0.717) is 36.0 Å². The Morgan fingerprint density at radius 1 is 1.20 bits per heavy atom. The first-order valence-electron chi connectivity index (χ1n) is 9.36. The molecular formula is C23H17BrO6. The SMILES string of the molecule is Cc1c(OCc2cc(Br)cc3c2OCOC3)ccc2c1O/C(=C\c1ccco1)C2=O. The Hall–Kier alpha value is -3.03. The summed E-state index contributed by atoms with van der Waals surface area (Å²) in [5.41, 5.74) is 3.16. The van der Waals surface area contributed by atoms with Gasteiger partial charge in [-0.15, -0.1) is 0 Å². The highest BCUT2D eigenvalue weighted by molar-refractivity contribution is 9.10. The van der Waals surface area contributed by atoms with Crippen molar-refractivity contribution in [2.24, 2.45) is 0 Å². The Bertz CT molecular complexity index is 1160. The first-order valence-corrected chi connectivity index (χ1v) is 10.2. The maximum Gasteiger partial charge on any atom is 0.232 e. The lowest BCUT2D eigenvalue weighted by atomic mass is 10.1. The first kappa shape index (κ1) is 19.0. The second kappa shape index (κ2) is 7.66. The van der Waals surface area contributed by atoms with Crippen LogP contribution in [0.25, 0.3) is 6.08 Å². The molecule has 0 saturated heterocycles. The van der Waals surface area contributed by atoms with Crippen LogP contribution in [-0.2, 0) is 18.0 Å². The first-order chi connectivity index (χ1) is 14.6. The molecule has 0 aliphatic carbocycles. The average Bonchev–Trinajstić information content (AvgIpc) is 3.36. The molecule has 0 N–H and O–H groups in total. The molecule has 6 nitrogen and oxygen atoms in total. The molecule has 3 heterocycles. The number of hydrogen-bond acceptors (Lipinski definition) is 6. The molecule has 7 heteroatoms. The van der Waals surface area contributed by atoms with E-state index in [2.05, 4.69) is 15.9 Å². The fourth-order valence-electron chi connectivity index (χ4n) is 3.55. The molecule has 152 valence electrons. The molecule has 0 fully saturated rings. The van der Waals surface area contributed by atoms with Gasteiger partial charge in [0.15, 0.2) is 12.6 Å². The number of benzene rings is 2. The standard InChI is InChI=1S/C23H17BrO6/c1-13-19(28-11-15-8-16(24)7-14-10-26-12-29-23(14)15)5-4-18-21(25)20(30-22(13)18)9-17-3-2-6-27-17/h2-9H,10-12H2,1H3/b20-9-. The third-order valence-corrected chi connectivity index (χ3v) is 5.45. The van der Waals surface area contributed by atoms with Gasteiger partial charge in [0, 0.05) is 27.2 Å². The minimum atomic E-state index is -0.175. The summed E-state index contributed by atoms with van der Waals surface area (Å²) >= 11 is 3.52. The summed E-state index contributed by atoms with van der Waals surface area (Å²) in [6, 6.07) is 11.0. The van der Waals surface area contributed by atoms with Crippen LogP contribution in [0.4, 0.5) is 0 Å². The van der Waals surface area contributed by atoms with Crippen LogP contribution >= 0.6 is 15.9 Å². The molecule has 0 atom stereocenters. The highest BCUT2D eigenvalue weighted by atomic mass is 79.9. The van der Waals surface area contributed by atoms with Gasteiger partial charge in [-0.1, -0.05) is 15.9 Å². The van der Waals surface area contributed by atoms with E-state index in [0.717, 1.165) is 26.9 Å². The Balaban J connectivity index is 1.40. The fourth-order valence-corrected chi connectivity index (χ4v) is 4.10. The average molecular weight is 469 g/mol. The Morgan fingerprint density at radius 2 is 2.10 bits per heavy atom. The van der Waals surface area contributed by atoms with E-state index in [1.807, 2.05) is 19.1 Å². The highest BCUT2D eigenvalue weighted by Crippen LogP contribution is 2.40. The zero-order valence-electron chi connectivity index (χ0n) is 16.1. The van der Waals surface area contributed by atoms with Gasteiger partial charge >= 0.3 is 0 Å². The highest BCUT2D eigenvalue weighted by Gasteiger charge is 2.30. The second-order valence-electron chi connectivity index (χ2n) is 6.97. The van der Waals surface area contributed by atoms with Gasteiger partial charge in [-0.05, 0) is 43.3 Å². The van der Waals surface area contributed by atoms with Crippen molar-refractivity contribution < 1.29 is 28.2 Å². The van der Waals surface area contributed by atoms with Gasteiger partial charge in [0.2, 0.25) is 5.78 Å². The van der Waals surface area contributed by atoms with E-state index in [1.165, 1.54) is 0 Å². The minimum Gasteiger partial charge on any atom is -0.488 e. The third-order valence-electron chi connectivity index (χ3n) is 4.99. The van der Waals surface area contributed by atoms with Crippen molar-refractivity contribution in [3.63, 3.8) is 0 Å². The number of ether oxygens (including phenoxy) is 4. The van der Waals surface area contributed by atoms with Crippen molar-refractivity contribution >= 4 is 27.8 Å². The number of carbonyl (C=O) groups excluding carboxylic acids is 1. The summed E-state index contributed by atoms with van der Waals surface area (Å²) in [7, 11) is 0. The number of hydrogen-bond donors (Lipinski definition) is 0. The van der Waals surface area contributed by atoms with Crippen molar-refractivity contribution in [1.29, 1.82) is 0 Å². The topological polar surface area (TPSA) is 67.1 Å². The van der Waals surface area contributed by atoms with E-state index in [-0.39, 0.29) is 18.3 Å². The molecule has 0 saturated carbocycles. The van der Waals surface area contributed by atoms with Crippen LogP contribution in [0.1, 0.15) is 32.8 Å². The summed E-state index contributed by atoms with van der Waals surface area (Å²) in [6.45, 7) is 2.91. The van der Waals surface area contributed by atoms with Gasteiger partial charge in [-0.3, -0.25) is 4.79 Å². The molecular weight excluding hydrogens is 452 g/mol. The number of Topliss-reactive ketones (excluding diaryl/α,β-unsaturated/α-hetero) is 1. The minimum absolute atomic E-state index is 0.175. The smallest absolute Gasteiger partial charge is 0.232 e. The lowest BCUT2D eigenvalue weighted by Crippen LogP contribution is -2.14. The van der Waals surface area contributed by atoms with Crippen LogP contribution in [0.3, 0.4) is 0 Å². The predicted molar refractivity (Wildman–Crippen MR) is 112 cm³/mol. The van der Waals surface area contributed by atoms with Crippen molar-refractivity contribution in [2.75, 3.05) is 6.79 Å². The quantitative estimate of drug-likeness (QED) is 0.476. The van der Waals surface area contributed by atoms with Crippen LogP contribution in [0, 0.1) is 6.92 Å². The molecule has 5 rings (SSSR count). The van der Waals surface area contributed by atoms with Crippen molar-refractivity contribution in [2.45, 2.75) is 20.1 Å². The molecule has 0 radical (unpaired) electrons. The molecule has 0 spiro atoms. The van der Waals surface area contributed by atoms with Gasteiger partial charge < -0.3 is 23.4 Å². The van der Waals surface area contributed by atoms with Gasteiger partial charge in [0.05, 0.1) is 18.4 Å². The molecule has 0 amide bonds. The maximum absolute atomic E-state index is 12.7.